The van der Waals surface area contributed by atoms with Crippen molar-refractivity contribution in [3.05, 3.63) is 119 Å². The maximum Gasteiger partial charge on any atom is 2.00 e. The van der Waals surface area contributed by atoms with Gasteiger partial charge in [-0.3, -0.25) is 9.67 Å². The van der Waals surface area contributed by atoms with Gasteiger partial charge in [-0.25, -0.2) is 0 Å². The van der Waals surface area contributed by atoms with Crippen LogP contribution < -0.4 is 0 Å². The van der Waals surface area contributed by atoms with E-state index in [4.69, 9.17) is 4.98 Å². The van der Waals surface area contributed by atoms with Crippen LogP contribution in [0.5, 0.6) is 0 Å². The van der Waals surface area contributed by atoms with Crippen molar-refractivity contribution in [1.82, 2.24) is 14.8 Å². The summed E-state index contributed by atoms with van der Waals surface area (Å²) in [5, 5.41) is 4.42. The Hall–Kier alpha value is -2.84. The molecular weight excluding hydrogens is 577 g/mol. The van der Waals surface area contributed by atoms with Gasteiger partial charge in [0.2, 0.25) is 0 Å². The fraction of sp³-hybridized carbons (Fsp3) is 0.222. The molecule has 0 unspecified atom stereocenters. The Balaban J connectivity index is 0.00000289. The van der Waals surface area contributed by atoms with Crippen LogP contribution in [0.4, 0.5) is 0 Å². The van der Waals surface area contributed by atoms with Crippen molar-refractivity contribution in [2.24, 2.45) is 0 Å². The van der Waals surface area contributed by atoms with Crippen molar-refractivity contribution < 1.29 is 25.9 Å². The number of carbonyl (C=O) groups excluding carboxylic acids is 1. The summed E-state index contributed by atoms with van der Waals surface area (Å²) < 4.78 is 1.93. The molecule has 5 heteroatoms. The summed E-state index contributed by atoms with van der Waals surface area (Å²) >= 11 is 0. The molecule has 0 aliphatic heterocycles. The molecule has 2 aromatic carbocycles. The molecule has 0 N–H and O–H groups in total. The van der Waals surface area contributed by atoms with Crippen LogP contribution in [0, 0.1) is 12.1 Å². The second kappa shape index (κ2) is 9.34. The first-order valence-corrected chi connectivity index (χ1v) is 10.3. The molecule has 164 valence electrons. The molecule has 0 aliphatic rings. The maximum atomic E-state index is 12.9. The van der Waals surface area contributed by atoms with Gasteiger partial charge in [0.05, 0.1) is 11.2 Å². The van der Waals surface area contributed by atoms with Gasteiger partial charge in [0.25, 0.3) is 0 Å². The molecule has 0 saturated heterocycles. The van der Waals surface area contributed by atoms with Crippen LogP contribution in [0.15, 0.2) is 79.1 Å². The third kappa shape index (κ3) is 4.51. The van der Waals surface area contributed by atoms with Gasteiger partial charge in [0.1, 0.15) is 5.78 Å². The third-order valence-electron chi connectivity index (χ3n) is 5.78. The quantitative estimate of drug-likeness (QED) is 0.225. The van der Waals surface area contributed by atoms with Gasteiger partial charge in [0.15, 0.2) is 0 Å². The van der Waals surface area contributed by atoms with Crippen LogP contribution in [0.3, 0.4) is 0 Å². The summed E-state index contributed by atoms with van der Waals surface area (Å²) in [5.41, 5.74) is 3.01. The minimum Gasteiger partial charge on any atom is -0.345 e. The molecule has 0 radical (unpaired) electrons. The van der Waals surface area contributed by atoms with Crippen molar-refractivity contribution in [1.29, 1.82) is 0 Å². The average Bonchev–Trinajstić information content (AvgIpc) is 3.35. The molecule has 0 atom stereocenters. The van der Waals surface area contributed by atoms with Gasteiger partial charge in [-0.1, -0.05) is 19.9 Å². The van der Waals surface area contributed by atoms with Crippen LogP contribution in [0.2, 0.25) is 0 Å². The zero-order valence-corrected chi connectivity index (χ0v) is 20.8. The van der Waals surface area contributed by atoms with Crippen molar-refractivity contribution in [2.45, 2.75) is 38.6 Å². The van der Waals surface area contributed by atoms with E-state index in [-0.39, 0.29) is 32.4 Å². The zero-order valence-electron chi connectivity index (χ0n) is 18.6. The second-order valence-corrected chi connectivity index (χ2v) is 8.63. The fourth-order valence-electron chi connectivity index (χ4n) is 3.63. The van der Waals surface area contributed by atoms with E-state index in [1.165, 1.54) is 0 Å². The number of rotatable bonds is 6. The van der Waals surface area contributed by atoms with Crippen molar-refractivity contribution in [2.75, 3.05) is 0 Å². The molecule has 0 aliphatic carbocycles. The van der Waals surface area contributed by atoms with Gasteiger partial charge in [0, 0.05) is 23.5 Å². The van der Waals surface area contributed by atoms with Gasteiger partial charge < -0.3 is 4.79 Å². The van der Waals surface area contributed by atoms with Crippen LogP contribution in [0.25, 0.3) is 0 Å². The Bertz CT molecular complexity index is 1200. The van der Waals surface area contributed by atoms with Crippen molar-refractivity contribution in [3.8, 4) is 0 Å². The zero-order chi connectivity index (χ0) is 22.1. The van der Waals surface area contributed by atoms with Crippen molar-refractivity contribution >= 4 is 5.78 Å². The van der Waals surface area contributed by atoms with E-state index in [1.807, 2.05) is 47.3 Å². The number of nitrogens with zero attached hydrogens (tertiary/aromatic N) is 3. The SMILES string of the molecule is CC(C)(c1[c-]c(C(C)(C)n2cccn2)ccc1)c1cccc(C(=O)c2[c-]cccc2)n1.[Pt+2]. The van der Waals surface area contributed by atoms with E-state index < -0.39 is 5.41 Å². The summed E-state index contributed by atoms with van der Waals surface area (Å²) in [6.07, 6.45) is 3.75. The van der Waals surface area contributed by atoms with Crippen LogP contribution in [0.1, 0.15) is 60.6 Å². The van der Waals surface area contributed by atoms with Gasteiger partial charge in [-0.2, -0.15) is 34.9 Å². The predicted molar refractivity (Wildman–Crippen MR) is 121 cm³/mol. The molecule has 0 spiro atoms. The van der Waals surface area contributed by atoms with Crippen LogP contribution >= 0.6 is 0 Å². The standard InChI is InChI=1S/C27H25N3O.Pt/c1-26(2,21-13-8-14-22(19-21)27(3,4)30-18-10-17-28-30)24-16-9-15-23(29-24)25(31)20-11-6-5-7-12-20;/h5-11,13-18H,1-4H3;/q-2;+2. The van der Waals surface area contributed by atoms with E-state index in [2.05, 4.69) is 57.1 Å². The Morgan fingerprint density at radius 2 is 1.66 bits per heavy atom. The Labute approximate surface area is 204 Å². The first-order chi connectivity index (χ1) is 14.8. The largest absolute Gasteiger partial charge is 2.00 e. The summed E-state index contributed by atoms with van der Waals surface area (Å²) in [5.74, 6) is -0.129. The molecule has 2 heterocycles. The summed E-state index contributed by atoms with van der Waals surface area (Å²) in [6, 6.07) is 27.5. The number of hydrogen-bond acceptors (Lipinski definition) is 3. The Morgan fingerprint density at radius 1 is 0.906 bits per heavy atom. The molecule has 4 nitrogen and oxygen atoms in total. The first-order valence-electron chi connectivity index (χ1n) is 10.3. The molecule has 4 rings (SSSR count). The second-order valence-electron chi connectivity index (χ2n) is 8.63. The van der Waals surface area contributed by atoms with Crippen LogP contribution in [-0.4, -0.2) is 20.5 Å². The van der Waals surface area contributed by atoms with Gasteiger partial charge in [-0.15, -0.1) is 41.5 Å². The normalized spacial score (nSPS) is 11.6. The maximum absolute atomic E-state index is 12.9. The smallest absolute Gasteiger partial charge is 0.345 e. The average molecular weight is 603 g/mol. The Kier molecular flexibility index (Phi) is 6.95. The number of pyridine rings is 1. The van der Waals surface area contributed by atoms with Gasteiger partial charge >= 0.3 is 21.1 Å². The molecule has 2 aromatic heterocycles. The van der Waals surface area contributed by atoms with Crippen molar-refractivity contribution in [3.63, 3.8) is 0 Å². The number of benzene rings is 2. The molecule has 0 fully saturated rings. The molecule has 32 heavy (non-hydrogen) atoms. The minimum atomic E-state index is -0.438. The molecule has 0 amide bonds. The summed E-state index contributed by atoms with van der Waals surface area (Å²) in [4.78, 5) is 17.6. The molecule has 0 bridgehead atoms. The molecule has 4 aromatic rings. The number of carbonyl (C=O) groups is 1. The molecular formula is C27H25N3OPt. The van der Waals surface area contributed by atoms with Crippen LogP contribution in [-0.2, 0) is 32.0 Å². The predicted octanol–water partition coefficient (Wildman–Crippen LogP) is 5.22. The molecule has 0 saturated carbocycles. The first kappa shape index (κ1) is 23.8. The topological polar surface area (TPSA) is 47.8 Å². The third-order valence-corrected chi connectivity index (χ3v) is 5.78. The van der Waals surface area contributed by atoms with E-state index >= 15 is 0 Å². The van der Waals surface area contributed by atoms with E-state index in [0.29, 0.717) is 11.3 Å². The number of hydrogen-bond donors (Lipinski definition) is 0. The number of ketones is 1. The van der Waals surface area contributed by atoms with E-state index in [0.717, 1.165) is 16.8 Å². The van der Waals surface area contributed by atoms with Gasteiger partial charge in [-0.05, 0) is 32.0 Å². The Morgan fingerprint density at radius 3 is 2.34 bits per heavy atom. The minimum absolute atomic E-state index is 0. The summed E-state index contributed by atoms with van der Waals surface area (Å²) in [6.45, 7) is 8.45. The summed E-state index contributed by atoms with van der Waals surface area (Å²) in [7, 11) is 0. The number of aromatic nitrogens is 3. The fourth-order valence-corrected chi connectivity index (χ4v) is 3.63. The monoisotopic (exact) mass is 602 g/mol. The van der Waals surface area contributed by atoms with E-state index in [9.17, 15) is 4.79 Å². The van der Waals surface area contributed by atoms with E-state index in [1.54, 1.807) is 24.4 Å².